The van der Waals surface area contributed by atoms with Crippen LogP contribution in [-0.2, 0) is 0 Å². The Morgan fingerprint density at radius 3 is 2.30 bits per heavy atom. The van der Waals surface area contributed by atoms with Gasteiger partial charge in [0.1, 0.15) is 0 Å². The summed E-state index contributed by atoms with van der Waals surface area (Å²) in [5.41, 5.74) is 1.87. The van der Waals surface area contributed by atoms with Gasteiger partial charge in [-0.1, -0.05) is 37.8 Å². The van der Waals surface area contributed by atoms with E-state index in [0.29, 0.717) is 11.6 Å². The van der Waals surface area contributed by atoms with Crippen molar-refractivity contribution in [1.29, 1.82) is 0 Å². The maximum Gasteiger partial charge on any atom is 0.0439 e. The molecule has 20 heavy (non-hydrogen) atoms. The van der Waals surface area contributed by atoms with Crippen LogP contribution in [0.15, 0.2) is 11.6 Å². The minimum atomic E-state index is 0.410. The SMILES string of the molecule is CCCNC(C=C(C)C)C1(N2CCCCC2)CCCC1. The summed E-state index contributed by atoms with van der Waals surface area (Å²) in [6.07, 6.45) is 13.6. The molecule has 2 fully saturated rings. The Kier molecular flexibility index (Phi) is 6.10. The van der Waals surface area contributed by atoms with Gasteiger partial charge in [-0.05, 0) is 65.6 Å². The smallest absolute Gasteiger partial charge is 0.0439 e. The van der Waals surface area contributed by atoms with Crippen LogP contribution in [0.3, 0.4) is 0 Å². The second-order valence-electron chi connectivity index (χ2n) is 7.03. The summed E-state index contributed by atoms with van der Waals surface area (Å²) in [5, 5.41) is 3.86. The van der Waals surface area contributed by atoms with Crippen molar-refractivity contribution in [2.75, 3.05) is 19.6 Å². The number of piperidine rings is 1. The number of hydrogen-bond acceptors (Lipinski definition) is 2. The molecule has 0 bridgehead atoms. The molecule has 0 spiro atoms. The first-order valence-corrected chi connectivity index (χ1v) is 8.82. The Labute approximate surface area is 126 Å². The highest BCUT2D eigenvalue weighted by molar-refractivity contribution is 5.15. The molecule has 0 radical (unpaired) electrons. The zero-order valence-corrected chi connectivity index (χ0v) is 13.9. The molecule has 1 heterocycles. The van der Waals surface area contributed by atoms with Crippen LogP contribution in [0.1, 0.15) is 72.1 Å². The van der Waals surface area contributed by atoms with Crippen molar-refractivity contribution in [1.82, 2.24) is 10.2 Å². The van der Waals surface area contributed by atoms with Gasteiger partial charge in [0.2, 0.25) is 0 Å². The molecule has 2 nitrogen and oxygen atoms in total. The fraction of sp³-hybridized carbons (Fsp3) is 0.889. The van der Waals surface area contributed by atoms with Crippen molar-refractivity contribution in [2.24, 2.45) is 0 Å². The van der Waals surface area contributed by atoms with Crippen LogP contribution in [0.2, 0.25) is 0 Å². The van der Waals surface area contributed by atoms with E-state index >= 15 is 0 Å². The highest BCUT2D eigenvalue weighted by Gasteiger charge is 2.44. The number of allylic oxidation sites excluding steroid dienone is 1. The van der Waals surface area contributed by atoms with Crippen LogP contribution in [0.25, 0.3) is 0 Å². The number of rotatable bonds is 6. The lowest BCUT2D eigenvalue weighted by Crippen LogP contribution is -2.60. The molecular formula is C18H34N2. The van der Waals surface area contributed by atoms with Gasteiger partial charge in [0.25, 0.3) is 0 Å². The second kappa shape index (κ2) is 7.61. The first kappa shape index (κ1) is 16.0. The fourth-order valence-electron chi connectivity index (χ4n) is 4.19. The third-order valence-corrected chi connectivity index (χ3v) is 5.15. The van der Waals surface area contributed by atoms with Gasteiger partial charge in [-0.3, -0.25) is 4.90 Å². The molecule has 2 aliphatic rings. The zero-order valence-electron chi connectivity index (χ0n) is 13.9. The third kappa shape index (κ3) is 3.65. The highest BCUT2D eigenvalue weighted by Crippen LogP contribution is 2.40. The predicted molar refractivity (Wildman–Crippen MR) is 88.1 cm³/mol. The summed E-state index contributed by atoms with van der Waals surface area (Å²) >= 11 is 0. The fourth-order valence-corrected chi connectivity index (χ4v) is 4.19. The quantitative estimate of drug-likeness (QED) is 0.735. The molecule has 1 N–H and O–H groups in total. The molecule has 1 atom stereocenters. The molecule has 116 valence electrons. The summed E-state index contributed by atoms with van der Waals surface area (Å²) < 4.78 is 0. The maximum absolute atomic E-state index is 3.86. The van der Waals surface area contributed by atoms with E-state index in [4.69, 9.17) is 0 Å². The van der Waals surface area contributed by atoms with Crippen molar-refractivity contribution in [3.8, 4) is 0 Å². The molecule has 2 rings (SSSR count). The van der Waals surface area contributed by atoms with Crippen LogP contribution in [-0.4, -0.2) is 36.1 Å². The van der Waals surface area contributed by atoms with Gasteiger partial charge >= 0.3 is 0 Å². The average molecular weight is 278 g/mol. The standard InChI is InChI=1S/C18H34N2/c1-4-12-19-17(15-16(2)3)18(10-6-7-11-18)20-13-8-5-9-14-20/h15,17,19H,4-14H2,1-3H3. The minimum absolute atomic E-state index is 0.410. The van der Waals surface area contributed by atoms with E-state index in [1.165, 1.54) is 70.0 Å². The van der Waals surface area contributed by atoms with Gasteiger partial charge in [-0.25, -0.2) is 0 Å². The van der Waals surface area contributed by atoms with Gasteiger partial charge < -0.3 is 5.32 Å². The number of likely N-dealkylation sites (tertiary alicyclic amines) is 1. The normalized spacial score (nSPS) is 24.6. The molecule has 2 heteroatoms. The van der Waals surface area contributed by atoms with E-state index in [1.54, 1.807) is 0 Å². The van der Waals surface area contributed by atoms with E-state index in [1.807, 2.05) is 0 Å². The van der Waals surface area contributed by atoms with E-state index in [0.717, 1.165) is 6.54 Å². The monoisotopic (exact) mass is 278 g/mol. The van der Waals surface area contributed by atoms with Crippen molar-refractivity contribution >= 4 is 0 Å². The van der Waals surface area contributed by atoms with Crippen LogP contribution >= 0.6 is 0 Å². The van der Waals surface area contributed by atoms with E-state index in [2.05, 4.69) is 37.1 Å². The summed E-state index contributed by atoms with van der Waals surface area (Å²) in [6.45, 7) is 10.6. The van der Waals surface area contributed by atoms with E-state index in [-0.39, 0.29) is 0 Å². The van der Waals surface area contributed by atoms with Gasteiger partial charge in [-0.2, -0.15) is 0 Å². The van der Waals surface area contributed by atoms with Crippen LogP contribution in [0, 0.1) is 0 Å². The molecule has 0 aromatic heterocycles. The van der Waals surface area contributed by atoms with E-state index in [9.17, 15) is 0 Å². The summed E-state index contributed by atoms with van der Waals surface area (Å²) in [7, 11) is 0. The minimum Gasteiger partial charge on any atom is -0.309 e. The first-order chi connectivity index (χ1) is 9.69. The molecule has 1 aliphatic heterocycles. The lowest BCUT2D eigenvalue weighted by molar-refractivity contribution is 0.0499. The van der Waals surface area contributed by atoms with Crippen LogP contribution in [0.5, 0.6) is 0 Å². The molecule has 0 aromatic rings. The summed E-state index contributed by atoms with van der Waals surface area (Å²) in [4.78, 5) is 2.84. The third-order valence-electron chi connectivity index (χ3n) is 5.15. The Morgan fingerprint density at radius 2 is 1.75 bits per heavy atom. The second-order valence-corrected chi connectivity index (χ2v) is 7.03. The number of hydrogen-bond donors (Lipinski definition) is 1. The maximum atomic E-state index is 3.86. The largest absolute Gasteiger partial charge is 0.309 e. The van der Waals surface area contributed by atoms with Crippen LogP contribution < -0.4 is 5.32 Å². The molecule has 0 amide bonds. The number of nitrogens with one attached hydrogen (secondary N) is 1. The topological polar surface area (TPSA) is 15.3 Å². The predicted octanol–water partition coefficient (Wildman–Crippen LogP) is 4.12. The molecule has 1 saturated carbocycles. The van der Waals surface area contributed by atoms with E-state index < -0.39 is 0 Å². The molecule has 1 saturated heterocycles. The Hall–Kier alpha value is -0.340. The van der Waals surface area contributed by atoms with Gasteiger partial charge in [0.15, 0.2) is 0 Å². The highest BCUT2D eigenvalue weighted by atomic mass is 15.2. The van der Waals surface area contributed by atoms with Crippen molar-refractivity contribution in [3.05, 3.63) is 11.6 Å². The Balaban J connectivity index is 2.19. The first-order valence-electron chi connectivity index (χ1n) is 8.82. The van der Waals surface area contributed by atoms with Gasteiger partial charge in [-0.15, -0.1) is 0 Å². The summed E-state index contributed by atoms with van der Waals surface area (Å²) in [5.74, 6) is 0. The van der Waals surface area contributed by atoms with Crippen molar-refractivity contribution in [2.45, 2.75) is 83.7 Å². The van der Waals surface area contributed by atoms with Crippen LogP contribution in [0.4, 0.5) is 0 Å². The van der Waals surface area contributed by atoms with Crippen molar-refractivity contribution in [3.63, 3.8) is 0 Å². The van der Waals surface area contributed by atoms with Gasteiger partial charge in [0, 0.05) is 11.6 Å². The molecular weight excluding hydrogens is 244 g/mol. The van der Waals surface area contributed by atoms with Crippen molar-refractivity contribution < 1.29 is 0 Å². The lowest BCUT2D eigenvalue weighted by atomic mass is 9.83. The lowest BCUT2D eigenvalue weighted by Gasteiger charge is -2.48. The Morgan fingerprint density at radius 1 is 1.10 bits per heavy atom. The average Bonchev–Trinajstić information content (AvgIpc) is 2.95. The molecule has 1 aliphatic carbocycles. The number of nitrogens with zero attached hydrogens (tertiary/aromatic N) is 1. The Bertz CT molecular complexity index is 305. The molecule has 1 unspecified atom stereocenters. The van der Waals surface area contributed by atoms with Gasteiger partial charge in [0.05, 0.1) is 0 Å². The molecule has 0 aromatic carbocycles. The summed E-state index contributed by atoms with van der Waals surface area (Å²) in [6, 6.07) is 0.549. The zero-order chi connectivity index (χ0) is 14.4.